The zero-order valence-electron chi connectivity index (χ0n) is 22.7. The standard InChI is InChI=1S/C32H37N3O2/c1-7-35(8-2)27-20-21-29-30(22-27)32(36)37-31(29)11-9-10-28(23-12-16-25(17-13-23)33(3)4)24-14-18-26(19-15-24)34(5)6/h9-22,31H,7-8H2,1-6H3. The van der Waals surface area contributed by atoms with Crippen LogP contribution in [0.15, 0.2) is 85.0 Å². The van der Waals surface area contributed by atoms with Crippen molar-refractivity contribution in [2.75, 3.05) is 56.0 Å². The average Bonchev–Trinajstić information content (AvgIpc) is 3.22. The molecule has 5 heteroatoms. The predicted octanol–water partition coefficient (Wildman–Crippen LogP) is 6.56. The van der Waals surface area contributed by atoms with E-state index in [4.69, 9.17) is 4.74 Å². The van der Waals surface area contributed by atoms with Crippen molar-refractivity contribution in [3.05, 3.63) is 107 Å². The van der Waals surface area contributed by atoms with Crippen LogP contribution >= 0.6 is 0 Å². The first-order chi connectivity index (χ1) is 17.8. The van der Waals surface area contributed by atoms with E-state index in [1.807, 2.05) is 52.5 Å². The molecule has 0 saturated heterocycles. The van der Waals surface area contributed by atoms with E-state index in [0.29, 0.717) is 5.56 Å². The van der Waals surface area contributed by atoms with Crippen molar-refractivity contribution < 1.29 is 9.53 Å². The largest absolute Gasteiger partial charge is 0.450 e. The van der Waals surface area contributed by atoms with Crippen LogP contribution in [0.5, 0.6) is 0 Å². The third-order valence-electron chi connectivity index (χ3n) is 6.86. The summed E-state index contributed by atoms with van der Waals surface area (Å²) >= 11 is 0. The zero-order chi connectivity index (χ0) is 26.5. The van der Waals surface area contributed by atoms with E-state index in [9.17, 15) is 4.79 Å². The molecule has 0 spiro atoms. The lowest BCUT2D eigenvalue weighted by Crippen LogP contribution is -2.21. The normalized spacial score (nSPS) is 14.3. The minimum Gasteiger partial charge on any atom is -0.450 e. The third-order valence-corrected chi connectivity index (χ3v) is 6.86. The fourth-order valence-corrected chi connectivity index (χ4v) is 4.63. The molecule has 4 rings (SSSR count). The summed E-state index contributed by atoms with van der Waals surface area (Å²) in [6, 6.07) is 23.2. The highest BCUT2D eigenvalue weighted by Crippen LogP contribution is 2.35. The summed E-state index contributed by atoms with van der Waals surface area (Å²) in [7, 11) is 8.17. The molecule has 1 heterocycles. The van der Waals surface area contributed by atoms with Gasteiger partial charge in [-0.15, -0.1) is 0 Å². The molecule has 1 atom stereocenters. The Kier molecular flexibility index (Phi) is 8.02. The van der Waals surface area contributed by atoms with Crippen molar-refractivity contribution in [1.82, 2.24) is 0 Å². The molecule has 0 N–H and O–H groups in total. The maximum absolute atomic E-state index is 12.6. The van der Waals surface area contributed by atoms with Gasteiger partial charge in [0, 0.05) is 63.9 Å². The lowest BCUT2D eigenvalue weighted by atomic mass is 9.96. The Bertz CT molecular complexity index is 1230. The number of carbonyl (C=O) groups is 1. The van der Waals surface area contributed by atoms with E-state index in [1.54, 1.807) is 0 Å². The molecular weight excluding hydrogens is 458 g/mol. The molecule has 1 aliphatic heterocycles. The molecule has 5 nitrogen and oxygen atoms in total. The summed E-state index contributed by atoms with van der Waals surface area (Å²) in [6.45, 7) is 6.03. The van der Waals surface area contributed by atoms with Gasteiger partial charge < -0.3 is 19.4 Å². The summed E-state index contributed by atoms with van der Waals surface area (Å²) in [6.07, 6.45) is 5.67. The Balaban J connectivity index is 1.65. The second-order valence-corrected chi connectivity index (χ2v) is 9.62. The van der Waals surface area contributed by atoms with Gasteiger partial charge in [0.15, 0.2) is 0 Å². The van der Waals surface area contributed by atoms with Crippen LogP contribution < -0.4 is 14.7 Å². The lowest BCUT2D eigenvalue weighted by molar-refractivity contribution is 0.0467. The molecule has 37 heavy (non-hydrogen) atoms. The van der Waals surface area contributed by atoms with Gasteiger partial charge in [-0.1, -0.05) is 42.5 Å². The highest BCUT2D eigenvalue weighted by Gasteiger charge is 2.29. The van der Waals surface area contributed by atoms with Crippen LogP contribution in [0.2, 0.25) is 0 Å². The highest BCUT2D eigenvalue weighted by molar-refractivity contribution is 5.95. The first kappa shape index (κ1) is 26.1. The fourth-order valence-electron chi connectivity index (χ4n) is 4.63. The number of rotatable bonds is 9. The average molecular weight is 496 g/mol. The molecule has 0 fully saturated rings. The molecule has 3 aromatic rings. The van der Waals surface area contributed by atoms with E-state index < -0.39 is 6.10 Å². The Hall–Kier alpha value is -3.99. The van der Waals surface area contributed by atoms with Crippen LogP contribution in [-0.4, -0.2) is 47.2 Å². The molecule has 0 radical (unpaired) electrons. The van der Waals surface area contributed by atoms with E-state index in [1.165, 1.54) is 0 Å². The molecule has 1 aliphatic rings. The molecular formula is C32H37N3O2. The minimum absolute atomic E-state index is 0.263. The number of hydrogen-bond acceptors (Lipinski definition) is 5. The monoisotopic (exact) mass is 495 g/mol. The Labute approximate surface area is 221 Å². The summed E-state index contributed by atoms with van der Waals surface area (Å²) in [5.74, 6) is -0.263. The molecule has 192 valence electrons. The maximum atomic E-state index is 12.6. The van der Waals surface area contributed by atoms with Gasteiger partial charge in [-0.05, 0) is 73.0 Å². The van der Waals surface area contributed by atoms with Gasteiger partial charge >= 0.3 is 5.97 Å². The molecule has 0 saturated carbocycles. The van der Waals surface area contributed by atoms with Crippen LogP contribution in [0.4, 0.5) is 17.1 Å². The molecule has 1 unspecified atom stereocenters. The summed E-state index contributed by atoms with van der Waals surface area (Å²) in [5, 5.41) is 0. The van der Waals surface area contributed by atoms with Crippen LogP contribution in [0.25, 0.3) is 5.57 Å². The van der Waals surface area contributed by atoms with Gasteiger partial charge in [-0.2, -0.15) is 0 Å². The Morgan fingerprint density at radius 2 is 1.30 bits per heavy atom. The van der Waals surface area contributed by atoms with Crippen LogP contribution in [-0.2, 0) is 4.74 Å². The number of nitrogens with zero attached hydrogens (tertiary/aromatic N) is 3. The Morgan fingerprint density at radius 3 is 1.78 bits per heavy atom. The SMILES string of the molecule is CCN(CC)c1ccc2c(c1)C(=O)OC2C=CC=C(c1ccc(N(C)C)cc1)c1ccc(N(C)C)cc1. The summed E-state index contributed by atoms with van der Waals surface area (Å²) in [4.78, 5) is 19.1. The van der Waals surface area contributed by atoms with Crippen molar-refractivity contribution >= 4 is 28.6 Å². The highest BCUT2D eigenvalue weighted by atomic mass is 16.5. The van der Waals surface area contributed by atoms with Crippen molar-refractivity contribution in [2.24, 2.45) is 0 Å². The van der Waals surface area contributed by atoms with Crippen molar-refractivity contribution in [3.63, 3.8) is 0 Å². The lowest BCUT2D eigenvalue weighted by Gasteiger charge is -2.21. The van der Waals surface area contributed by atoms with Gasteiger partial charge in [0.1, 0.15) is 6.10 Å². The fraction of sp³-hybridized carbons (Fsp3) is 0.281. The van der Waals surface area contributed by atoms with Gasteiger partial charge in [0.05, 0.1) is 5.56 Å². The molecule has 3 aromatic carbocycles. The van der Waals surface area contributed by atoms with E-state index in [-0.39, 0.29) is 5.97 Å². The van der Waals surface area contributed by atoms with E-state index >= 15 is 0 Å². The smallest absolute Gasteiger partial charge is 0.339 e. The summed E-state index contributed by atoms with van der Waals surface area (Å²) < 4.78 is 5.73. The van der Waals surface area contributed by atoms with Crippen LogP contribution in [0, 0.1) is 0 Å². The number of allylic oxidation sites excluding steroid dienone is 2. The second kappa shape index (κ2) is 11.4. The van der Waals surface area contributed by atoms with Gasteiger partial charge in [0.25, 0.3) is 0 Å². The van der Waals surface area contributed by atoms with Gasteiger partial charge in [0.2, 0.25) is 0 Å². The third kappa shape index (κ3) is 5.72. The number of fused-ring (bicyclic) bond motifs is 1. The van der Waals surface area contributed by atoms with Gasteiger partial charge in [-0.3, -0.25) is 0 Å². The van der Waals surface area contributed by atoms with Crippen molar-refractivity contribution in [3.8, 4) is 0 Å². The number of benzene rings is 3. The number of cyclic esters (lactones) is 1. The van der Waals surface area contributed by atoms with Gasteiger partial charge in [-0.25, -0.2) is 4.79 Å². The van der Waals surface area contributed by atoms with Crippen molar-refractivity contribution in [1.29, 1.82) is 0 Å². The number of ether oxygens (including phenoxy) is 1. The zero-order valence-corrected chi connectivity index (χ0v) is 22.7. The minimum atomic E-state index is -0.391. The topological polar surface area (TPSA) is 36.0 Å². The quantitative estimate of drug-likeness (QED) is 0.248. The van der Waals surface area contributed by atoms with E-state index in [0.717, 1.165) is 52.4 Å². The first-order valence-corrected chi connectivity index (χ1v) is 12.9. The number of carbonyl (C=O) groups excluding carboxylic acids is 1. The maximum Gasteiger partial charge on any atom is 0.339 e. The molecule has 0 amide bonds. The van der Waals surface area contributed by atoms with Crippen molar-refractivity contribution in [2.45, 2.75) is 20.0 Å². The number of esters is 1. The second-order valence-electron chi connectivity index (χ2n) is 9.62. The number of anilines is 3. The first-order valence-electron chi connectivity index (χ1n) is 12.9. The van der Waals surface area contributed by atoms with E-state index in [2.05, 4.69) is 89.2 Å². The van der Waals surface area contributed by atoms with Crippen LogP contribution in [0.3, 0.4) is 0 Å². The van der Waals surface area contributed by atoms with Crippen LogP contribution in [0.1, 0.15) is 47.0 Å². The Morgan fingerprint density at radius 1 is 0.784 bits per heavy atom. The summed E-state index contributed by atoms with van der Waals surface area (Å²) in [5.41, 5.74) is 8.28. The predicted molar refractivity (Wildman–Crippen MR) is 156 cm³/mol. The molecule has 0 bridgehead atoms. The molecule has 0 aromatic heterocycles. The molecule has 0 aliphatic carbocycles. The number of hydrogen-bond donors (Lipinski definition) is 0.